The van der Waals surface area contributed by atoms with E-state index in [-0.39, 0.29) is 24.1 Å². The van der Waals surface area contributed by atoms with Gasteiger partial charge in [-0.15, -0.1) is 12.4 Å². The van der Waals surface area contributed by atoms with Crippen LogP contribution >= 0.6 is 12.4 Å². The first-order valence-electron chi connectivity index (χ1n) is 6.30. The Balaban J connectivity index is 0.00000220. The summed E-state index contributed by atoms with van der Waals surface area (Å²) in [5, 5.41) is 17.7. The molecule has 0 spiro atoms. The van der Waals surface area contributed by atoms with Gasteiger partial charge in [0.25, 0.3) is 5.69 Å². The van der Waals surface area contributed by atoms with E-state index < -0.39 is 4.92 Å². The Morgan fingerprint density at radius 1 is 1.48 bits per heavy atom. The van der Waals surface area contributed by atoms with E-state index >= 15 is 0 Å². The van der Waals surface area contributed by atoms with E-state index in [1.54, 1.807) is 12.1 Å². The van der Waals surface area contributed by atoms with Gasteiger partial charge in [0.2, 0.25) is 5.89 Å². The molecule has 1 atom stereocenters. The summed E-state index contributed by atoms with van der Waals surface area (Å²) in [7, 11) is 1.87. The number of likely N-dealkylation sites (N-methyl/N-ethyl adjacent to an activating group) is 1. The zero-order valence-corrected chi connectivity index (χ0v) is 12.6. The first-order chi connectivity index (χ1) is 9.58. The van der Waals surface area contributed by atoms with Crippen molar-refractivity contribution >= 4 is 18.1 Å². The second-order valence-corrected chi connectivity index (χ2v) is 4.60. The lowest BCUT2D eigenvalue weighted by Crippen LogP contribution is -2.24. The van der Waals surface area contributed by atoms with Crippen LogP contribution in [0.1, 0.15) is 24.2 Å². The van der Waals surface area contributed by atoms with Crippen LogP contribution in [0.2, 0.25) is 0 Å². The quantitative estimate of drug-likeness (QED) is 0.648. The summed E-state index contributed by atoms with van der Waals surface area (Å²) in [5.74, 6) is 1.09. The van der Waals surface area contributed by atoms with Crippen LogP contribution < -0.4 is 5.32 Å². The Morgan fingerprint density at radius 3 is 2.90 bits per heavy atom. The Labute approximate surface area is 128 Å². The van der Waals surface area contributed by atoms with Crippen LogP contribution in [0.4, 0.5) is 5.69 Å². The Kier molecular flexibility index (Phi) is 6.26. The molecule has 0 saturated heterocycles. The molecule has 1 aromatic carbocycles. The fraction of sp³-hybridized carbons (Fsp3) is 0.385. The van der Waals surface area contributed by atoms with Crippen molar-refractivity contribution in [3.05, 3.63) is 51.7 Å². The third-order valence-electron chi connectivity index (χ3n) is 2.97. The van der Waals surface area contributed by atoms with Gasteiger partial charge < -0.3 is 9.84 Å². The van der Waals surface area contributed by atoms with Crippen molar-refractivity contribution in [1.82, 2.24) is 15.5 Å². The van der Waals surface area contributed by atoms with Crippen molar-refractivity contribution in [2.24, 2.45) is 0 Å². The predicted molar refractivity (Wildman–Crippen MR) is 79.7 cm³/mol. The molecule has 2 aromatic rings. The molecule has 21 heavy (non-hydrogen) atoms. The number of benzene rings is 1. The zero-order valence-electron chi connectivity index (χ0n) is 11.8. The molecular weight excluding hydrogens is 296 g/mol. The highest BCUT2D eigenvalue weighted by molar-refractivity contribution is 5.85. The van der Waals surface area contributed by atoms with Crippen molar-refractivity contribution in [3.8, 4) is 0 Å². The lowest BCUT2D eigenvalue weighted by Gasteiger charge is -2.04. The van der Waals surface area contributed by atoms with E-state index in [0.717, 1.165) is 5.56 Å². The summed E-state index contributed by atoms with van der Waals surface area (Å²) in [6.07, 6.45) is 1.07. The SMILES string of the molecule is CNC(C)Cc1noc(Cc2cccc([N+](=O)[O-])c2)n1.Cl. The Hall–Kier alpha value is -1.99. The van der Waals surface area contributed by atoms with Crippen LogP contribution in [0.3, 0.4) is 0 Å². The van der Waals surface area contributed by atoms with Crippen molar-refractivity contribution in [2.75, 3.05) is 7.05 Å². The molecule has 1 N–H and O–H groups in total. The van der Waals surface area contributed by atoms with Gasteiger partial charge in [-0.2, -0.15) is 4.98 Å². The van der Waals surface area contributed by atoms with Crippen LogP contribution in [0.15, 0.2) is 28.8 Å². The van der Waals surface area contributed by atoms with E-state index in [0.29, 0.717) is 24.6 Å². The summed E-state index contributed by atoms with van der Waals surface area (Å²) >= 11 is 0. The summed E-state index contributed by atoms with van der Waals surface area (Å²) in [6.45, 7) is 2.02. The number of aromatic nitrogens is 2. The average molecular weight is 313 g/mol. The highest BCUT2D eigenvalue weighted by atomic mass is 35.5. The van der Waals surface area contributed by atoms with Crippen LogP contribution in [-0.4, -0.2) is 28.2 Å². The summed E-state index contributed by atoms with van der Waals surface area (Å²) in [6, 6.07) is 6.68. The lowest BCUT2D eigenvalue weighted by molar-refractivity contribution is -0.384. The molecule has 1 unspecified atom stereocenters. The molecule has 0 aliphatic carbocycles. The van der Waals surface area contributed by atoms with E-state index in [4.69, 9.17) is 4.52 Å². The van der Waals surface area contributed by atoms with Crippen molar-refractivity contribution in [2.45, 2.75) is 25.8 Å². The molecule has 0 radical (unpaired) electrons. The number of nitrogens with one attached hydrogen (secondary N) is 1. The molecule has 0 amide bonds. The standard InChI is InChI=1S/C13H16N4O3.ClH/c1-9(14-2)6-12-15-13(20-16-12)8-10-4-3-5-11(7-10)17(18)19;/h3-5,7,9,14H,6,8H2,1-2H3;1H. The van der Waals surface area contributed by atoms with E-state index in [2.05, 4.69) is 15.5 Å². The molecule has 0 aliphatic rings. The molecular formula is C13H17ClN4O3. The number of hydrogen-bond acceptors (Lipinski definition) is 6. The second kappa shape index (κ2) is 7.70. The van der Waals surface area contributed by atoms with E-state index in [9.17, 15) is 10.1 Å². The van der Waals surface area contributed by atoms with Crippen molar-refractivity contribution in [1.29, 1.82) is 0 Å². The fourth-order valence-corrected chi connectivity index (χ4v) is 1.78. The molecule has 0 fully saturated rings. The molecule has 2 rings (SSSR count). The molecule has 1 aromatic heterocycles. The summed E-state index contributed by atoms with van der Waals surface area (Å²) in [4.78, 5) is 14.6. The third kappa shape index (κ3) is 4.80. The number of nitro groups is 1. The van der Waals surface area contributed by atoms with Gasteiger partial charge in [-0.05, 0) is 19.5 Å². The lowest BCUT2D eigenvalue weighted by atomic mass is 10.1. The molecule has 1 heterocycles. The van der Waals surface area contributed by atoms with Gasteiger partial charge in [0.1, 0.15) is 0 Å². The zero-order chi connectivity index (χ0) is 14.5. The smallest absolute Gasteiger partial charge is 0.269 e. The first kappa shape index (κ1) is 17.1. The summed E-state index contributed by atoms with van der Waals surface area (Å²) < 4.78 is 5.16. The number of rotatable bonds is 6. The Morgan fingerprint density at radius 2 is 2.24 bits per heavy atom. The monoisotopic (exact) mass is 312 g/mol. The van der Waals surface area contributed by atoms with Crippen LogP contribution in [0.5, 0.6) is 0 Å². The number of halogens is 1. The molecule has 0 bridgehead atoms. The fourth-order valence-electron chi connectivity index (χ4n) is 1.78. The first-order valence-corrected chi connectivity index (χ1v) is 6.30. The van der Waals surface area contributed by atoms with Gasteiger partial charge in [-0.1, -0.05) is 17.3 Å². The molecule has 0 aliphatic heterocycles. The van der Waals surface area contributed by atoms with E-state index in [1.165, 1.54) is 12.1 Å². The maximum atomic E-state index is 10.7. The van der Waals surface area contributed by atoms with Crippen LogP contribution in [-0.2, 0) is 12.8 Å². The maximum absolute atomic E-state index is 10.7. The van der Waals surface area contributed by atoms with Crippen LogP contribution in [0.25, 0.3) is 0 Å². The normalized spacial score (nSPS) is 11.7. The minimum Gasteiger partial charge on any atom is -0.339 e. The molecule has 114 valence electrons. The minimum absolute atomic E-state index is 0. The number of hydrogen-bond donors (Lipinski definition) is 1. The highest BCUT2D eigenvalue weighted by Gasteiger charge is 2.12. The van der Waals surface area contributed by atoms with Crippen molar-refractivity contribution < 1.29 is 9.45 Å². The van der Waals surface area contributed by atoms with Gasteiger partial charge in [-0.3, -0.25) is 10.1 Å². The predicted octanol–water partition coefficient (Wildman–Crippen LogP) is 2.14. The minimum atomic E-state index is -0.419. The van der Waals surface area contributed by atoms with Gasteiger partial charge in [0, 0.05) is 24.6 Å². The maximum Gasteiger partial charge on any atom is 0.269 e. The Bertz CT molecular complexity index is 603. The molecule has 8 heteroatoms. The number of nitrogens with zero attached hydrogens (tertiary/aromatic N) is 3. The third-order valence-corrected chi connectivity index (χ3v) is 2.97. The average Bonchev–Trinajstić information content (AvgIpc) is 2.86. The van der Waals surface area contributed by atoms with Crippen LogP contribution in [0, 0.1) is 10.1 Å². The largest absolute Gasteiger partial charge is 0.339 e. The van der Waals surface area contributed by atoms with Gasteiger partial charge in [0.05, 0.1) is 11.3 Å². The van der Waals surface area contributed by atoms with Gasteiger partial charge in [-0.25, -0.2) is 0 Å². The van der Waals surface area contributed by atoms with Crippen molar-refractivity contribution in [3.63, 3.8) is 0 Å². The van der Waals surface area contributed by atoms with E-state index in [1.807, 2.05) is 14.0 Å². The highest BCUT2D eigenvalue weighted by Crippen LogP contribution is 2.15. The summed E-state index contributed by atoms with van der Waals surface area (Å²) in [5.41, 5.74) is 0.835. The number of non-ortho nitro benzene ring substituents is 1. The second-order valence-electron chi connectivity index (χ2n) is 4.60. The molecule has 7 nitrogen and oxygen atoms in total. The topological polar surface area (TPSA) is 94.1 Å². The number of nitro benzene ring substituents is 1. The van der Waals surface area contributed by atoms with Gasteiger partial charge in [0.15, 0.2) is 5.82 Å². The van der Waals surface area contributed by atoms with Gasteiger partial charge >= 0.3 is 0 Å². The molecule has 0 saturated carbocycles.